The average Bonchev–Trinajstić information content (AvgIpc) is 3.31. The summed E-state index contributed by atoms with van der Waals surface area (Å²) in [7, 11) is 3.13. The molecule has 176 valence electrons. The van der Waals surface area contributed by atoms with Gasteiger partial charge in [0.05, 0.1) is 19.1 Å². The number of carbonyl (C=O) groups is 2. The number of thiocarbonyl (C=S) groups is 1. The van der Waals surface area contributed by atoms with Gasteiger partial charge in [0.25, 0.3) is 5.91 Å². The Labute approximate surface area is 206 Å². The Balaban J connectivity index is 1.53. The van der Waals surface area contributed by atoms with E-state index in [1.165, 1.54) is 28.0 Å². The van der Waals surface area contributed by atoms with Crippen LogP contribution in [0, 0.1) is 5.92 Å². The van der Waals surface area contributed by atoms with Gasteiger partial charge in [0.2, 0.25) is 11.0 Å². The van der Waals surface area contributed by atoms with E-state index in [0.717, 1.165) is 17.0 Å². The minimum absolute atomic E-state index is 0.159. The van der Waals surface area contributed by atoms with Gasteiger partial charge in [-0.1, -0.05) is 55.2 Å². The number of anilines is 1. The summed E-state index contributed by atoms with van der Waals surface area (Å²) in [5.74, 6) is 1.35. The molecule has 0 atom stereocenters. The second-order valence-electron chi connectivity index (χ2n) is 7.70. The lowest BCUT2D eigenvalue weighted by Gasteiger charge is -2.13. The van der Waals surface area contributed by atoms with Crippen molar-refractivity contribution in [2.45, 2.75) is 33.1 Å². The largest absolute Gasteiger partial charge is 0.493 e. The number of aromatic nitrogens is 2. The molecule has 1 saturated heterocycles. The molecule has 0 radical (unpaired) electrons. The number of hydrogen-bond acceptors (Lipinski definition) is 9. The van der Waals surface area contributed by atoms with Gasteiger partial charge >= 0.3 is 0 Å². The molecule has 1 aromatic carbocycles. The third-order valence-electron chi connectivity index (χ3n) is 4.66. The normalized spacial score (nSPS) is 14.9. The van der Waals surface area contributed by atoms with Gasteiger partial charge < -0.3 is 14.8 Å². The molecule has 2 heterocycles. The van der Waals surface area contributed by atoms with E-state index in [0.29, 0.717) is 44.7 Å². The van der Waals surface area contributed by atoms with E-state index in [2.05, 4.69) is 29.4 Å². The van der Waals surface area contributed by atoms with Crippen molar-refractivity contribution in [2.75, 3.05) is 26.1 Å². The van der Waals surface area contributed by atoms with Crippen LogP contribution in [0.25, 0.3) is 6.08 Å². The lowest BCUT2D eigenvalue weighted by molar-refractivity contribution is -0.122. The Kier molecular flexibility index (Phi) is 8.81. The van der Waals surface area contributed by atoms with Gasteiger partial charge in [0, 0.05) is 19.4 Å². The molecular weight excluding hydrogens is 480 g/mol. The molecule has 1 aliphatic rings. The Morgan fingerprint density at radius 2 is 2.00 bits per heavy atom. The summed E-state index contributed by atoms with van der Waals surface area (Å²) in [5.41, 5.74) is 0.807. The fourth-order valence-electron chi connectivity index (χ4n) is 3.10. The highest BCUT2D eigenvalue weighted by molar-refractivity contribution is 8.26. The summed E-state index contributed by atoms with van der Waals surface area (Å²) in [5, 5.41) is 12.3. The minimum atomic E-state index is -0.164. The summed E-state index contributed by atoms with van der Waals surface area (Å²) in [6.45, 7) is 4.59. The lowest BCUT2D eigenvalue weighted by Crippen LogP contribution is -2.29. The van der Waals surface area contributed by atoms with E-state index in [-0.39, 0.29) is 18.2 Å². The van der Waals surface area contributed by atoms with Gasteiger partial charge in [-0.05, 0) is 36.1 Å². The van der Waals surface area contributed by atoms with Crippen molar-refractivity contribution in [3.8, 4) is 11.5 Å². The second kappa shape index (κ2) is 11.6. The maximum Gasteiger partial charge on any atom is 0.266 e. The first kappa shape index (κ1) is 25.1. The smallest absolute Gasteiger partial charge is 0.266 e. The molecule has 11 heteroatoms. The maximum atomic E-state index is 12.8. The Bertz CT molecular complexity index is 1070. The van der Waals surface area contributed by atoms with Crippen LogP contribution in [-0.2, 0) is 16.0 Å². The molecule has 1 fully saturated rings. The van der Waals surface area contributed by atoms with Gasteiger partial charge in [-0.2, -0.15) is 0 Å². The third kappa shape index (κ3) is 6.75. The SMILES string of the molecule is COc1ccc(/C=C2\SC(=S)N(CCCC(=O)Nc3nnc(CC(C)C)s3)C2=O)cc1OC. The molecule has 0 spiro atoms. The van der Waals surface area contributed by atoms with Crippen LogP contribution in [0.1, 0.15) is 37.3 Å². The zero-order chi connectivity index (χ0) is 24.0. The van der Waals surface area contributed by atoms with Crippen LogP contribution < -0.4 is 14.8 Å². The molecule has 1 aromatic heterocycles. The van der Waals surface area contributed by atoms with Gasteiger partial charge in [0.1, 0.15) is 9.33 Å². The first-order valence-corrected chi connectivity index (χ1v) is 12.4. The number of amides is 2. The minimum Gasteiger partial charge on any atom is -0.493 e. The van der Waals surface area contributed by atoms with Crippen molar-refractivity contribution in [1.29, 1.82) is 0 Å². The molecule has 0 saturated carbocycles. The van der Waals surface area contributed by atoms with E-state index in [1.807, 2.05) is 6.07 Å². The number of nitrogens with zero attached hydrogens (tertiary/aromatic N) is 3. The van der Waals surface area contributed by atoms with Gasteiger partial charge in [-0.3, -0.25) is 14.5 Å². The average molecular weight is 507 g/mol. The molecule has 2 amide bonds. The molecule has 0 aliphatic carbocycles. The fourth-order valence-corrected chi connectivity index (χ4v) is 5.38. The molecule has 1 aliphatic heterocycles. The van der Waals surface area contributed by atoms with Crippen LogP contribution >= 0.6 is 35.3 Å². The van der Waals surface area contributed by atoms with Gasteiger partial charge in [-0.15, -0.1) is 10.2 Å². The second-order valence-corrected chi connectivity index (χ2v) is 10.4. The van der Waals surface area contributed by atoms with Crippen molar-refractivity contribution in [1.82, 2.24) is 15.1 Å². The maximum absolute atomic E-state index is 12.8. The first-order chi connectivity index (χ1) is 15.8. The van der Waals surface area contributed by atoms with Crippen molar-refractivity contribution in [3.63, 3.8) is 0 Å². The van der Waals surface area contributed by atoms with E-state index < -0.39 is 0 Å². The predicted molar refractivity (Wildman–Crippen MR) is 136 cm³/mol. The zero-order valence-corrected chi connectivity index (χ0v) is 21.4. The predicted octanol–water partition coefficient (Wildman–Crippen LogP) is 4.37. The number of ether oxygens (including phenoxy) is 2. The summed E-state index contributed by atoms with van der Waals surface area (Å²) >= 11 is 8.02. The molecule has 33 heavy (non-hydrogen) atoms. The zero-order valence-electron chi connectivity index (χ0n) is 18.9. The summed E-state index contributed by atoms with van der Waals surface area (Å²) in [4.78, 5) is 27.1. The van der Waals surface area contributed by atoms with Crippen LogP contribution in [0.2, 0.25) is 0 Å². The summed E-state index contributed by atoms with van der Waals surface area (Å²) in [6, 6.07) is 5.43. The van der Waals surface area contributed by atoms with Crippen molar-refractivity contribution < 1.29 is 19.1 Å². The molecular formula is C22H26N4O4S3. The Morgan fingerprint density at radius 1 is 1.24 bits per heavy atom. The molecule has 0 unspecified atom stereocenters. The number of rotatable bonds is 10. The molecule has 0 bridgehead atoms. The Morgan fingerprint density at radius 3 is 2.70 bits per heavy atom. The van der Waals surface area contributed by atoms with Crippen molar-refractivity contribution >= 4 is 62.7 Å². The number of carbonyl (C=O) groups excluding carboxylic acids is 2. The number of methoxy groups -OCH3 is 2. The van der Waals surface area contributed by atoms with Crippen LogP contribution in [0.5, 0.6) is 11.5 Å². The quantitative estimate of drug-likeness (QED) is 0.375. The highest BCUT2D eigenvalue weighted by atomic mass is 32.2. The summed E-state index contributed by atoms with van der Waals surface area (Å²) in [6.07, 6.45) is 3.35. The van der Waals surface area contributed by atoms with Crippen molar-refractivity contribution in [2.24, 2.45) is 5.92 Å². The van der Waals surface area contributed by atoms with E-state index >= 15 is 0 Å². The highest BCUT2D eigenvalue weighted by Gasteiger charge is 2.31. The molecule has 1 N–H and O–H groups in total. The van der Waals surface area contributed by atoms with Crippen LogP contribution in [0.3, 0.4) is 0 Å². The third-order valence-corrected chi connectivity index (χ3v) is 6.90. The number of thioether (sulfide) groups is 1. The first-order valence-electron chi connectivity index (χ1n) is 10.4. The monoisotopic (exact) mass is 506 g/mol. The number of benzene rings is 1. The number of nitrogens with one attached hydrogen (secondary N) is 1. The van der Waals surface area contributed by atoms with Gasteiger partial charge in [0.15, 0.2) is 11.5 Å². The molecule has 3 rings (SSSR count). The molecule has 2 aromatic rings. The lowest BCUT2D eigenvalue weighted by atomic mass is 10.1. The highest BCUT2D eigenvalue weighted by Crippen LogP contribution is 2.34. The molecule has 8 nitrogen and oxygen atoms in total. The van der Waals surface area contributed by atoms with E-state index in [9.17, 15) is 9.59 Å². The standard InChI is InChI=1S/C22H26N4O4S3/c1-13(2)10-19-24-25-21(33-19)23-18(27)6-5-9-26-20(28)17(32-22(26)31)12-14-7-8-15(29-3)16(11-14)30-4/h7-8,11-13H,5-6,9-10H2,1-4H3,(H,23,25,27)/b17-12-. The van der Waals surface area contributed by atoms with Crippen LogP contribution in [-0.4, -0.2) is 52.0 Å². The van der Waals surface area contributed by atoms with Gasteiger partial charge in [-0.25, -0.2) is 0 Å². The van der Waals surface area contributed by atoms with E-state index in [4.69, 9.17) is 21.7 Å². The van der Waals surface area contributed by atoms with Crippen LogP contribution in [0.4, 0.5) is 5.13 Å². The van der Waals surface area contributed by atoms with Crippen molar-refractivity contribution in [3.05, 3.63) is 33.7 Å². The fraction of sp³-hybridized carbons (Fsp3) is 0.409. The Hall–Kier alpha value is -2.50. The summed E-state index contributed by atoms with van der Waals surface area (Å²) < 4.78 is 11.0. The van der Waals surface area contributed by atoms with E-state index in [1.54, 1.807) is 32.4 Å². The number of hydrogen-bond donors (Lipinski definition) is 1. The topological polar surface area (TPSA) is 93.6 Å². The van der Waals surface area contributed by atoms with Crippen LogP contribution in [0.15, 0.2) is 23.1 Å².